The molecule has 0 saturated carbocycles. The summed E-state index contributed by atoms with van der Waals surface area (Å²) in [5.41, 5.74) is 0.781. The SMILES string of the molecule is C[C@H]1CN(C(=O)c2cncn2-c2ccc(F)cc2)CC(C)(C)O1. The lowest BCUT2D eigenvalue weighted by molar-refractivity contribution is -0.119. The van der Waals surface area contributed by atoms with Gasteiger partial charge in [-0.25, -0.2) is 9.37 Å². The van der Waals surface area contributed by atoms with E-state index in [0.29, 0.717) is 24.5 Å². The molecule has 2 heterocycles. The third kappa shape index (κ3) is 3.27. The molecular weight excluding hydrogens is 297 g/mol. The first-order valence-corrected chi connectivity index (χ1v) is 7.61. The second-order valence-corrected chi connectivity index (χ2v) is 6.50. The summed E-state index contributed by atoms with van der Waals surface area (Å²) >= 11 is 0. The minimum Gasteiger partial charge on any atom is -0.369 e. The number of rotatable bonds is 2. The van der Waals surface area contributed by atoms with E-state index in [0.717, 1.165) is 0 Å². The normalized spacial score (nSPS) is 20.5. The summed E-state index contributed by atoms with van der Waals surface area (Å²) in [6.07, 6.45) is 3.08. The van der Waals surface area contributed by atoms with E-state index in [-0.39, 0.29) is 23.4 Å². The summed E-state index contributed by atoms with van der Waals surface area (Å²) in [5.74, 6) is -0.416. The van der Waals surface area contributed by atoms with Gasteiger partial charge in [-0.1, -0.05) is 0 Å². The molecule has 1 aliphatic heterocycles. The van der Waals surface area contributed by atoms with E-state index in [9.17, 15) is 9.18 Å². The number of nitrogens with zero attached hydrogens (tertiary/aromatic N) is 3. The van der Waals surface area contributed by atoms with Crippen LogP contribution in [0.15, 0.2) is 36.8 Å². The molecule has 3 rings (SSSR count). The molecule has 1 saturated heterocycles. The predicted octanol–water partition coefficient (Wildman–Crippen LogP) is 2.65. The Bertz CT molecular complexity index is 709. The van der Waals surface area contributed by atoms with Crippen LogP contribution in [0.4, 0.5) is 4.39 Å². The van der Waals surface area contributed by atoms with E-state index in [2.05, 4.69) is 4.98 Å². The van der Waals surface area contributed by atoms with Crippen LogP contribution in [0.2, 0.25) is 0 Å². The molecule has 1 amide bonds. The molecule has 1 aromatic heterocycles. The fourth-order valence-corrected chi connectivity index (χ4v) is 3.03. The van der Waals surface area contributed by atoms with Gasteiger partial charge in [-0.05, 0) is 45.0 Å². The molecule has 23 heavy (non-hydrogen) atoms. The van der Waals surface area contributed by atoms with Gasteiger partial charge in [-0.2, -0.15) is 0 Å². The molecular formula is C17H20FN3O2. The molecule has 0 spiro atoms. The Morgan fingerprint density at radius 2 is 2.04 bits per heavy atom. The Kier molecular flexibility index (Phi) is 3.93. The van der Waals surface area contributed by atoms with Crippen molar-refractivity contribution in [3.05, 3.63) is 48.3 Å². The van der Waals surface area contributed by atoms with Crippen LogP contribution in [0.3, 0.4) is 0 Å². The van der Waals surface area contributed by atoms with Gasteiger partial charge in [0.25, 0.3) is 5.91 Å². The molecule has 0 radical (unpaired) electrons. The van der Waals surface area contributed by atoms with Gasteiger partial charge in [0.1, 0.15) is 11.5 Å². The highest BCUT2D eigenvalue weighted by molar-refractivity contribution is 5.93. The molecule has 122 valence electrons. The number of morpholine rings is 1. The van der Waals surface area contributed by atoms with Crippen LogP contribution in [-0.4, -0.2) is 45.2 Å². The van der Waals surface area contributed by atoms with E-state index in [1.807, 2.05) is 20.8 Å². The first-order valence-electron chi connectivity index (χ1n) is 7.61. The van der Waals surface area contributed by atoms with Crippen LogP contribution < -0.4 is 0 Å². The summed E-state index contributed by atoms with van der Waals surface area (Å²) in [7, 11) is 0. The van der Waals surface area contributed by atoms with Gasteiger partial charge in [0.2, 0.25) is 0 Å². The molecule has 1 aliphatic rings. The number of aromatic nitrogens is 2. The Labute approximate surface area is 134 Å². The average molecular weight is 317 g/mol. The Balaban J connectivity index is 1.89. The van der Waals surface area contributed by atoms with Crippen molar-refractivity contribution in [2.45, 2.75) is 32.5 Å². The largest absolute Gasteiger partial charge is 0.369 e. The second-order valence-electron chi connectivity index (χ2n) is 6.50. The number of benzene rings is 1. The van der Waals surface area contributed by atoms with Crippen molar-refractivity contribution >= 4 is 5.91 Å². The van der Waals surface area contributed by atoms with Crippen molar-refractivity contribution in [1.29, 1.82) is 0 Å². The Morgan fingerprint density at radius 1 is 1.35 bits per heavy atom. The number of amides is 1. The quantitative estimate of drug-likeness (QED) is 0.855. The monoisotopic (exact) mass is 317 g/mol. The zero-order valence-corrected chi connectivity index (χ0v) is 13.5. The number of hydrogen-bond acceptors (Lipinski definition) is 3. The number of ether oxygens (including phenoxy) is 1. The smallest absolute Gasteiger partial charge is 0.272 e. The third-order valence-electron chi connectivity index (χ3n) is 3.82. The Morgan fingerprint density at radius 3 is 2.70 bits per heavy atom. The molecule has 2 aromatic rings. The zero-order chi connectivity index (χ0) is 16.6. The van der Waals surface area contributed by atoms with Crippen molar-refractivity contribution in [3.8, 4) is 5.69 Å². The van der Waals surface area contributed by atoms with Gasteiger partial charge < -0.3 is 9.64 Å². The van der Waals surface area contributed by atoms with E-state index < -0.39 is 0 Å². The molecule has 0 aliphatic carbocycles. The van der Waals surface area contributed by atoms with E-state index in [1.165, 1.54) is 12.1 Å². The summed E-state index contributed by atoms with van der Waals surface area (Å²) in [4.78, 5) is 18.8. The van der Waals surface area contributed by atoms with Gasteiger partial charge in [0.15, 0.2) is 0 Å². The lowest BCUT2D eigenvalue weighted by Gasteiger charge is -2.41. The molecule has 0 bridgehead atoms. The number of imidazole rings is 1. The minimum absolute atomic E-state index is 0.0232. The van der Waals surface area contributed by atoms with Crippen molar-refractivity contribution < 1.29 is 13.9 Å². The van der Waals surface area contributed by atoms with Crippen LogP contribution in [0.5, 0.6) is 0 Å². The lowest BCUT2D eigenvalue weighted by Crippen LogP contribution is -2.54. The zero-order valence-electron chi connectivity index (χ0n) is 13.5. The van der Waals surface area contributed by atoms with E-state index >= 15 is 0 Å². The van der Waals surface area contributed by atoms with E-state index in [1.54, 1.807) is 34.1 Å². The summed E-state index contributed by atoms with van der Waals surface area (Å²) in [6, 6.07) is 5.98. The molecule has 6 heteroatoms. The maximum atomic E-state index is 13.1. The fraction of sp³-hybridized carbons (Fsp3) is 0.412. The standard InChI is InChI=1S/C17H20FN3O2/c1-12-9-20(10-17(2,3)23-12)16(22)15-8-19-11-21(15)14-6-4-13(18)5-7-14/h4-8,11-12H,9-10H2,1-3H3/t12-/m0/s1. The van der Waals surface area contributed by atoms with Gasteiger partial charge >= 0.3 is 0 Å². The van der Waals surface area contributed by atoms with Crippen LogP contribution in [0, 0.1) is 5.82 Å². The maximum Gasteiger partial charge on any atom is 0.272 e. The van der Waals surface area contributed by atoms with Gasteiger partial charge in [0.05, 0.1) is 24.2 Å². The number of hydrogen-bond donors (Lipinski definition) is 0. The minimum atomic E-state index is -0.381. The molecule has 1 aromatic carbocycles. The van der Waals surface area contributed by atoms with Crippen LogP contribution in [0.1, 0.15) is 31.3 Å². The molecule has 0 N–H and O–H groups in total. The van der Waals surface area contributed by atoms with Crippen LogP contribution in [0.25, 0.3) is 5.69 Å². The van der Waals surface area contributed by atoms with Crippen molar-refractivity contribution in [3.63, 3.8) is 0 Å². The topological polar surface area (TPSA) is 47.4 Å². The second kappa shape index (κ2) is 5.77. The summed E-state index contributed by atoms with van der Waals surface area (Å²) in [5, 5.41) is 0. The van der Waals surface area contributed by atoms with Crippen LogP contribution >= 0.6 is 0 Å². The van der Waals surface area contributed by atoms with Crippen LogP contribution in [-0.2, 0) is 4.74 Å². The first kappa shape index (κ1) is 15.7. The number of halogens is 1. The third-order valence-corrected chi connectivity index (χ3v) is 3.82. The predicted molar refractivity (Wildman–Crippen MR) is 84.1 cm³/mol. The highest BCUT2D eigenvalue weighted by Crippen LogP contribution is 2.23. The fourth-order valence-electron chi connectivity index (χ4n) is 3.03. The molecule has 0 unspecified atom stereocenters. The van der Waals surface area contributed by atoms with Crippen molar-refractivity contribution in [1.82, 2.24) is 14.5 Å². The maximum absolute atomic E-state index is 13.1. The summed E-state index contributed by atoms with van der Waals surface area (Å²) < 4.78 is 20.6. The average Bonchev–Trinajstić information content (AvgIpc) is 2.94. The van der Waals surface area contributed by atoms with E-state index in [4.69, 9.17) is 4.74 Å². The highest BCUT2D eigenvalue weighted by atomic mass is 19.1. The number of carbonyl (C=O) groups excluding carboxylic acids is 1. The number of carbonyl (C=O) groups is 1. The van der Waals surface area contributed by atoms with Crippen molar-refractivity contribution in [2.24, 2.45) is 0 Å². The van der Waals surface area contributed by atoms with Gasteiger partial charge in [0, 0.05) is 18.8 Å². The van der Waals surface area contributed by atoms with Gasteiger partial charge in [-0.3, -0.25) is 9.36 Å². The Hall–Kier alpha value is -2.21. The van der Waals surface area contributed by atoms with Gasteiger partial charge in [-0.15, -0.1) is 0 Å². The highest BCUT2D eigenvalue weighted by Gasteiger charge is 2.35. The first-order chi connectivity index (χ1) is 10.9. The molecule has 1 fully saturated rings. The lowest BCUT2D eigenvalue weighted by atomic mass is 10.1. The summed E-state index contributed by atoms with van der Waals surface area (Å²) in [6.45, 7) is 6.96. The van der Waals surface area contributed by atoms with Crippen molar-refractivity contribution in [2.75, 3.05) is 13.1 Å². The molecule has 5 nitrogen and oxygen atoms in total. The molecule has 1 atom stereocenters.